The van der Waals surface area contributed by atoms with Crippen LogP contribution in [-0.2, 0) is 9.59 Å². The lowest BCUT2D eigenvalue weighted by molar-refractivity contribution is -0.138. The van der Waals surface area contributed by atoms with Crippen molar-refractivity contribution in [3.8, 4) is 0 Å². The summed E-state index contributed by atoms with van der Waals surface area (Å²) in [6.07, 6.45) is 1.46. The Morgan fingerprint density at radius 1 is 1.12 bits per heavy atom. The SMILES string of the molecule is Cc1c(C)c(C)c(C=NN=C2NC(=O)C(CC(=O)O)S2)c(C)c1C. The number of thioether (sulfide) groups is 1. The normalized spacial score (nSPS) is 19.3. The summed E-state index contributed by atoms with van der Waals surface area (Å²) in [5, 5.41) is 19.1. The minimum Gasteiger partial charge on any atom is -0.481 e. The number of aliphatic carboxylic acids is 1. The third-order valence-corrected chi connectivity index (χ3v) is 5.60. The van der Waals surface area contributed by atoms with E-state index in [0.717, 1.165) is 28.5 Å². The first-order valence-corrected chi connectivity index (χ1v) is 8.47. The highest BCUT2D eigenvalue weighted by Gasteiger charge is 2.32. The van der Waals surface area contributed by atoms with Crippen molar-refractivity contribution in [2.45, 2.75) is 46.3 Å². The van der Waals surface area contributed by atoms with Crippen molar-refractivity contribution in [1.82, 2.24) is 5.32 Å². The van der Waals surface area contributed by atoms with Gasteiger partial charge in [0.1, 0.15) is 5.25 Å². The number of carbonyl (C=O) groups is 2. The topological polar surface area (TPSA) is 91.1 Å². The summed E-state index contributed by atoms with van der Waals surface area (Å²) in [4.78, 5) is 22.4. The zero-order chi connectivity index (χ0) is 18.0. The zero-order valence-corrected chi connectivity index (χ0v) is 15.2. The third kappa shape index (κ3) is 3.67. The highest BCUT2D eigenvalue weighted by Crippen LogP contribution is 2.25. The lowest BCUT2D eigenvalue weighted by atomic mass is 9.90. The monoisotopic (exact) mass is 347 g/mol. The van der Waals surface area contributed by atoms with Crippen LogP contribution in [-0.4, -0.2) is 33.6 Å². The highest BCUT2D eigenvalue weighted by molar-refractivity contribution is 8.15. The minimum absolute atomic E-state index is 0.228. The number of nitrogens with zero attached hydrogens (tertiary/aromatic N) is 2. The molecule has 0 aliphatic carbocycles. The fourth-order valence-corrected chi connectivity index (χ4v) is 3.52. The molecule has 0 saturated carbocycles. The second-order valence-electron chi connectivity index (χ2n) is 5.88. The van der Waals surface area contributed by atoms with Gasteiger partial charge in [-0.25, -0.2) is 0 Å². The Labute approximate surface area is 145 Å². The molecule has 1 aliphatic heterocycles. The first-order chi connectivity index (χ1) is 11.2. The summed E-state index contributed by atoms with van der Waals surface area (Å²) < 4.78 is 0. The number of carboxylic acid groups (broad SMARTS) is 1. The first kappa shape index (κ1) is 18.2. The number of carboxylic acids is 1. The lowest BCUT2D eigenvalue weighted by Crippen LogP contribution is -2.26. The van der Waals surface area contributed by atoms with Gasteiger partial charge in [0.2, 0.25) is 5.91 Å². The maximum Gasteiger partial charge on any atom is 0.305 e. The molecule has 6 nitrogen and oxygen atoms in total. The molecule has 0 aromatic heterocycles. The number of carbonyl (C=O) groups excluding carboxylic acids is 1. The summed E-state index contributed by atoms with van der Waals surface area (Å²) in [6.45, 7) is 10.4. The first-order valence-electron chi connectivity index (χ1n) is 7.59. The van der Waals surface area contributed by atoms with Gasteiger partial charge in [-0.15, -0.1) is 5.10 Å². The molecule has 0 bridgehead atoms. The van der Waals surface area contributed by atoms with E-state index in [1.807, 2.05) is 0 Å². The molecule has 1 aromatic carbocycles. The van der Waals surface area contributed by atoms with Crippen molar-refractivity contribution in [2.24, 2.45) is 10.2 Å². The molecule has 1 saturated heterocycles. The molecule has 128 valence electrons. The Hall–Kier alpha value is -2.15. The van der Waals surface area contributed by atoms with Crippen LogP contribution in [0.5, 0.6) is 0 Å². The molecule has 1 fully saturated rings. The molecule has 2 N–H and O–H groups in total. The van der Waals surface area contributed by atoms with Gasteiger partial charge < -0.3 is 10.4 Å². The van der Waals surface area contributed by atoms with Crippen LogP contribution in [0.4, 0.5) is 0 Å². The lowest BCUT2D eigenvalue weighted by Gasteiger charge is -2.15. The molecule has 1 unspecified atom stereocenters. The van der Waals surface area contributed by atoms with Crippen LogP contribution in [0, 0.1) is 34.6 Å². The largest absolute Gasteiger partial charge is 0.481 e. The van der Waals surface area contributed by atoms with Crippen molar-refractivity contribution >= 4 is 35.0 Å². The van der Waals surface area contributed by atoms with Crippen LogP contribution >= 0.6 is 11.8 Å². The predicted molar refractivity (Wildman–Crippen MR) is 96.9 cm³/mol. The van der Waals surface area contributed by atoms with E-state index in [4.69, 9.17) is 5.11 Å². The summed E-state index contributed by atoms with van der Waals surface area (Å²) in [7, 11) is 0. The van der Waals surface area contributed by atoms with Crippen molar-refractivity contribution in [3.05, 3.63) is 33.4 Å². The second-order valence-corrected chi connectivity index (χ2v) is 7.07. The van der Waals surface area contributed by atoms with Gasteiger partial charge in [-0.2, -0.15) is 5.10 Å². The average Bonchev–Trinajstić information content (AvgIpc) is 2.86. The van der Waals surface area contributed by atoms with Gasteiger partial charge in [0, 0.05) is 5.56 Å². The molecule has 1 atom stereocenters. The fourth-order valence-electron chi connectivity index (χ4n) is 2.61. The van der Waals surface area contributed by atoms with Gasteiger partial charge in [-0.1, -0.05) is 11.8 Å². The summed E-state index contributed by atoms with van der Waals surface area (Å²) in [5.74, 6) is -1.35. The molecular formula is C17H21N3O3S. The quantitative estimate of drug-likeness (QED) is 0.647. The summed E-state index contributed by atoms with van der Waals surface area (Å²) in [5.41, 5.74) is 7.09. The highest BCUT2D eigenvalue weighted by atomic mass is 32.2. The van der Waals surface area contributed by atoms with E-state index in [0.29, 0.717) is 5.17 Å². The van der Waals surface area contributed by atoms with Crippen LogP contribution < -0.4 is 5.32 Å². The van der Waals surface area contributed by atoms with E-state index < -0.39 is 11.2 Å². The Morgan fingerprint density at radius 2 is 1.67 bits per heavy atom. The third-order valence-electron chi connectivity index (χ3n) is 4.53. The number of rotatable bonds is 4. The number of hydrogen-bond donors (Lipinski definition) is 2. The smallest absolute Gasteiger partial charge is 0.305 e. The molecule has 1 aromatic rings. The van der Waals surface area contributed by atoms with Gasteiger partial charge in [0.15, 0.2) is 5.17 Å². The maximum absolute atomic E-state index is 11.7. The zero-order valence-electron chi connectivity index (χ0n) is 14.4. The van der Waals surface area contributed by atoms with Gasteiger partial charge in [-0.05, 0) is 62.4 Å². The van der Waals surface area contributed by atoms with Crippen molar-refractivity contribution in [2.75, 3.05) is 0 Å². The summed E-state index contributed by atoms with van der Waals surface area (Å²) >= 11 is 1.09. The number of amidine groups is 1. The fraction of sp³-hybridized carbons (Fsp3) is 0.412. The van der Waals surface area contributed by atoms with Crippen molar-refractivity contribution < 1.29 is 14.7 Å². The standard InChI is InChI=1S/C17H21N3O3S/c1-8-9(2)11(4)13(12(5)10(8)3)7-18-20-17-19-16(23)14(24-17)6-15(21)22/h7,14H,6H2,1-5H3,(H,21,22)(H,19,20,23). The molecule has 1 heterocycles. The van der Waals surface area contributed by atoms with Crippen LogP contribution in [0.3, 0.4) is 0 Å². The number of amides is 1. The van der Waals surface area contributed by atoms with E-state index in [1.54, 1.807) is 6.21 Å². The molecule has 0 radical (unpaired) electrons. The molecule has 24 heavy (non-hydrogen) atoms. The van der Waals surface area contributed by atoms with E-state index in [2.05, 4.69) is 50.1 Å². The molecule has 0 spiro atoms. The van der Waals surface area contributed by atoms with Gasteiger partial charge in [0.05, 0.1) is 12.6 Å². The predicted octanol–water partition coefficient (Wildman–Crippen LogP) is 2.62. The Kier molecular flexibility index (Phi) is 5.43. The van der Waals surface area contributed by atoms with Crippen molar-refractivity contribution in [1.29, 1.82) is 0 Å². The molecule has 2 rings (SSSR count). The molecule has 1 aliphatic rings. The Balaban J connectivity index is 2.21. The van der Waals surface area contributed by atoms with E-state index >= 15 is 0 Å². The Morgan fingerprint density at radius 3 is 2.21 bits per heavy atom. The van der Waals surface area contributed by atoms with E-state index in [9.17, 15) is 9.59 Å². The summed E-state index contributed by atoms with van der Waals surface area (Å²) in [6, 6.07) is 0. The maximum atomic E-state index is 11.7. The second kappa shape index (κ2) is 7.17. The molecule has 1 amide bonds. The minimum atomic E-state index is -1.01. The van der Waals surface area contributed by atoms with E-state index in [-0.39, 0.29) is 12.3 Å². The van der Waals surface area contributed by atoms with Gasteiger partial charge in [0.25, 0.3) is 0 Å². The number of nitrogens with one attached hydrogen (secondary N) is 1. The number of benzene rings is 1. The van der Waals surface area contributed by atoms with Crippen molar-refractivity contribution in [3.63, 3.8) is 0 Å². The van der Waals surface area contributed by atoms with E-state index in [1.165, 1.54) is 16.7 Å². The van der Waals surface area contributed by atoms with Gasteiger partial charge in [-0.3, -0.25) is 9.59 Å². The number of hydrogen-bond acceptors (Lipinski definition) is 5. The average molecular weight is 347 g/mol. The molecule has 7 heteroatoms. The molecular weight excluding hydrogens is 326 g/mol. The van der Waals surface area contributed by atoms with Crippen LogP contribution in [0.15, 0.2) is 10.2 Å². The van der Waals surface area contributed by atoms with Crippen LogP contribution in [0.2, 0.25) is 0 Å². The van der Waals surface area contributed by atoms with Crippen LogP contribution in [0.1, 0.15) is 39.8 Å². The Bertz CT molecular complexity index is 740. The van der Waals surface area contributed by atoms with Crippen LogP contribution in [0.25, 0.3) is 0 Å². The van der Waals surface area contributed by atoms with Gasteiger partial charge >= 0.3 is 5.97 Å².